The minimum absolute atomic E-state index is 0.0655. The van der Waals surface area contributed by atoms with Crippen LogP contribution in [0.3, 0.4) is 0 Å². The summed E-state index contributed by atoms with van der Waals surface area (Å²) in [6.45, 7) is -2.33. The highest BCUT2D eigenvalue weighted by Crippen LogP contribution is 2.32. The van der Waals surface area contributed by atoms with E-state index in [2.05, 4.69) is 20.0 Å². The first-order valence-corrected chi connectivity index (χ1v) is 10.6. The lowest BCUT2D eigenvalue weighted by Crippen LogP contribution is -2.02. The second kappa shape index (κ2) is 13.6. The van der Waals surface area contributed by atoms with Crippen LogP contribution in [-0.2, 0) is 19.2 Å². The van der Waals surface area contributed by atoms with Crippen molar-refractivity contribution in [2.75, 3.05) is 26.2 Å². The summed E-state index contributed by atoms with van der Waals surface area (Å²) in [6, 6.07) is 5.71. The van der Waals surface area contributed by atoms with Gasteiger partial charge in [0.25, 0.3) is 0 Å². The molecule has 2 rings (SSSR count). The lowest BCUT2D eigenvalue weighted by molar-refractivity contribution is -0.136. The summed E-state index contributed by atoms with van der Waals surface area (Å²) in [5.74, 6) is -5.57. The predicted octanol–water partition coefficient (Wildman–Crippen LogP) is 0.779. The maximum atomic E-state index is 10.8. The van der Waals surface area contributed by atoms with E-state index in [0.29, 0.717) is 11.1 Å². The molecule has 14 nitrogen and oxygen atoms in total. The van der Waals surface area contributed by atoms with Crippen LogP contribution in [0.25, 0.3) is 11.1 Å². The molecule has 0 aliphatic rings. The van der Waals surface area contributed by atoms with Crippen molar-refractivity contribution in [2.45, 2.75) is 0 Å². The normalized spacial score (nSPS) is 11.7. The Morgan fingerprint density at radius 1 is 0.500 bits per heavy atom. The fourth-order valence-corrected chi connectivity index (χ4v) is 2.98. The summed E-state index contributed by atoms with van der Waals surface area (Å²) in [7, 11) is 0. The first-order chi connectivity index (χ1) is 18.0. The van der Waals surface area contributed by atoms with E-state index in [1.165, 1.54) is 24.3 Å². The van der Waals surface area contributed by atoms with Gasteiger partial charge in [-0.25, -0.2) is 0 Å². The third-order valence-corrected chi connectivity index (χ3v) is 4.50. The van der Waals surface area contributed by atoms with E-state index in [1.807, 2.05) is 0 Å². The summed E-state index contributed by atoms with van der Waals surface area (Å²) in [6.07, 6.45) is 4.41. The molecule has 0 aliphatic heterocycles. The van der Waals surface area contributed by atoms with Gasteiger partial charge in [-0.05, 0) is 35.4 Å². The molecule has 0 bridgehead atoms. The Bertz CT molecular complexity index is 1160. The molecule has 0 aromatic heterocycles. The molecule has 0 unspecified atom stereocenters. The van der Waals surface area contributed by atoms with Gasteiger partial charge < -0.3 is 30.6 Å². The van der Waals surface area contributed by atoms with E-state index < -0.39 is 50.1 Å². The molecule has 0 spiro atoms. The lowest BCUT2D eigenvalue weighted by atomic mass is 9.95. The van der Waals surface area contributed by atoms with E-state index in [4.69, 9.17) is 20.4 Å². The number of aliphatic carboxylic acids is 4. The molecule has 0 fully saturated rings. The highest BCUT2D eigenvalue weighted by atomic mass is 16.4. The zero-order valence-corrected chi connectivity index (χ0v) is 19.6. The number of phenols is 2. The summed E-state index contributed by atoms with van der Waals surface area (Å²) >= 11 is 0. The van der Waals surface area contributed by atoms with Crippen LogP contribution < -0.4 is 0 Å². The number of benzene rings is 2. The molecule has 0 heterocycles. The fourth-order valence-electron chi connectivity index (χ4n) is 2.98. The van der Waals surface area contributed by atoms with Crippen LogP contribution in [0.1, 0.15) is 22.3 Å². The molecule has 14 heteroatoms. The van der Waals surface area contributed by atoms with Gasteiger partial charge in [-0.15, -0.1) is 0 Å². The molecular formula is C24H22N4O10. The molecule has 0 atom stereocenters. The Balaban J connectivity index is 2.72. The maximum absolute atomic E-state index is 10.8. The zero-order valence-electron chi connectivity index (χ0n) is 19.6. The van der Waals surface area contributed by atoms with Gasteiger partial charge in [0.2, 0.25) is 0 Å². The van der Waals surface area contributed by atoms with Crippen molar-refractivity contribution < 1.29 is 49.8 Å². The van der Waals surface area contributed by atoms with Crippen molar-refractivity contribution in [3.63, 3.8) is 0 Å². The van der Waals surface area contributed by atoms with Crippen LogP contribution in [0.2, 0.25) is 0 Å². The first kappa shape index (κ1) is 28.8. The van der Waals surface area contributed by atoms with E-state index in [0.717, 1.165) is 24.9 Å². The fraction of sp³-hybridized carbons (Fsp3) is 0.167. The van der Waals surface area contributed by atoms with Crippen molar-refractivity contribution in [2.24, 2.45) is 20.0 Å². The van der Waals surface area contributed by atoms with Crippen LogP contribution >= 0.6 is 0 Å². The van der Waals surface area contributed by atoms with E-state index in [1.54, 1.807) is 0 Å². The van der Waals surface area contributed by atoms with Crippen LogP contribution in [0.15, 0.2) is 44.2 Å². The van der Waals surface area contributed by atoms with Crippen LogP contribution in [0.4, 0.5) is 0 Å². The van der Waals surface area contributed by atoms with Gasteiger partial charge in [-0.1, -0.05) is 0 Å². The smallest absolute Gasteiger partial charge is 0.325 e. The molecular weight excluding hydrogens is 504 g/mol. The van der Waals surface area contributed by atoms with Crippen LogP contribution in [0.5, 0.6) is 11.5 Å². The van der Waals surface area contributed by atoms with Crippen molar-refractivity contribution >= 4 is 48.7 Å². The van der Waals surface area contributed by atoms with Crippen LogP contribution in [-0.4, -0.2) is 106 Å². The topological polar surface area (TPSA) is 239 Å². The SMILES string of the molecule is O=C(O)C/N=C/c1cc(-c2cc(/C=N/CC(=O)O)c(O)c(/C=N/CC(=O)O)c2)cc(/C=N/CC(=O)O)c1O. The molecule has 0 amide bonds. The van der Waals surface area contributed by atoms with E-state index >= 15 is 0 Å². The minimum atomic E-state index is -1.21. The van der Waals surface area contributed by atoms with Gasteiger partial charge in [-0.2, -0.15) is 0 Å². The summed E-state index contributed by atoms with van der Waals surface area (Å²) < 4.78 is 0. The Labute approximate surface area is 214 Å². The van der Waals surface area contributed by atoms with Crippen molar-refractivity contribution in [3.05, 3.63) is 46.5 Å². The van der Waals surface area contributed by atoms with Gasteiger partial charge in [0.05, 0.1) is 0 Å². The highest BCUT2D eigenvalue weighted by Gasteiger charge is 2.14. The number of carbonyl (C=O) groups is 4. The third-order valence-electron chi connectivity index (χ3n) is 4.50. The summed E-state index contributed by atoms with van der Waals surface area (Å²) in [5.41, 5.74) is 0.979. The van der Waals surface area contributed by atoms with Gasteiger partial charge in [-0.3, -0.25) is 39.1 Å². The summed E-state index contributed by atoms with van der Waals surface area (Å²) in [4.78, 5) is 58.2. The van der Waals surface area contributed by atoms with Crippen LogP contribution in [0, 0.1) is 0 Å². The molecule has 0 aliphatic carbocycles. The third kappa shape index (κ3) is 8.99. The quantitative estimate of drug-likeness (QED) is 0.200. The Kier molecular flexibility index (Phi) is 10.3. The monoisotopic (exact) mass is 526 g/mol. The number of rotatable bonds is 13. The number of carboxylic acids is 4. The summed E-state index contributed by atoms with van der Waals surface area (Å²) in [5, 5.41) is 56.6. The number of hydrogen-bond donors (Lipinski definition) is 6. The molecule has 6 N–H and O–H groups in total. The Morgan fingerprint density at radius 3 is 0.895 bits per heavy atom. The van der Waals surface area contributed by atoms with Crippen molar-refractivity contribution in [3.8, 4) is 22.6 Å². The predicted molar refractivity (Wildman–Crippen MR) is 136 cm³/mol. The number of nitrogens with zero attached hydrogens (tertiary/aromatic N) is 4. The molecule has 2 aromatic rings. The molecule has 0 saturated heterocycles. The number of hydrogen-bond acceptors (Lipinski definition) is 10. The Hall–Kier alpha value is -5.40. The first-order valence-electron chi connectivity index (χ1n) is 10.6. The van der Waals surface area contributed by atoms with Gasteiger partial charge in [0.15, 0.2) is 0 Å². The van der Waals surface area contributed by atoms with Crippen molar-refractivity contribution in [1.29, 1.82) is 0 Å². The number of aliphatic imine (C=N–C) groups is 4. The lowest BCUT2D eigenvalue weighted by Gasteiger charge is -2.12. The number of aromatic hydroxyl groups is 2. The zero-order chi connectivity index (χ0) is 28.2. The van der Waals surface area contributed by atoms with Gasteiger partial charge >= 0.3 is 23.9 Å². The number of carboxylic acid groups (broad SMARTS) is 4. The second-order valence-corrected chi connectivity index (χ2v) is 7.46. The average Bonchev–Trinajstić information content (AvgIpc) is 2.82. The van der Waals surface area contributed by atoms with Crippen molar-refractivity contribution in [1.82, 2.24) is 0 Å². The van der Waals surface area contributed by atoms with Gasteiger partial charge in [0, 0.05) is 47.1 Å². The number of phenolic OH excluding ortho intramolecular Hbond substituents is 2. The largest absolute Gasteiger partial charge is 0.507 e. The molecule has 198 valence electrons. The van der Waals surface area contributed by atoms with Gasteiger partial charge in [0.1, 0.15) is 37.7 Å². The minimum Gasteiger partial charge on any atom is -0.507 e. The Morgan fingerprint density at radius 2 is 0.711 bits per heavy atom. The standard InChI is InChI=1S/C24H22N4O10/c29-19(30)9-25-5-15-1-13(2-16(23(15)37)6-26-10-20(31)32)14-3-17(7-27-11-21(33)34)24(38)18(4-14)8-28-12-22(35)36/h1-8,37-38H,9-12H2,(H,29,30)(H,31,32)(H,33,34)(H,35,36)/b25-5+,26-6+,27-7+,28-8+. The molecule has 2 aromatic carbocycles. The highest BCUT2D eigenvalue weighted by molar-refractivity contribution is 5.98. The second-order valence-electron chi connectivity index (χ2n) is 7.46. The molecule has 38 heavy (non-hydrogen) atoms. The van der Waals surface area contributed by atoms with E-state index in [-0.39, 0.29) is 33.8 Å². The molecule has 0 radical (unpaired) electrons. The van der Waals surface area contributed by atoms with E-state index in [9.17, 15) is 29.4 Å². The maximum Gasteiger partial charge on any atom is 0.325 e. The molecule has 0 saturated carbocycles. The average molecular weight is 526 g/mol.